The SMILES string of the molecule is COc1cc(-c2cccc(OC)c2F)ccc1-n1c(=O)ccc2cc(S(=O)(=O)Nc3ccon3)ccc21. The Labute approximate surface area is 210 Å². The number of methoxy groups -OCH3 is 2. The molecule has 0 radical (unpaired) electrons. The van der Waals surface area contributed by atoms with Gasteiger partial charge < -0.3 is 14.0 Å². The van der Waals surface area contributed by atoms with E-state index in [9.17, 15) is 17.6 Å². The molecule has 2 aromatic heterocycles. The first-order valence-corrected chi connectivity index (χ1v) is 12.4. The van der Waals surface area contributed by atoms with Gasteiger partial charge in [-0.2, -0.15) is 0 Å². The van der Waals surface area contributed by atoms with E-state index in [0.29, 0.717) is 33.5 Å². The maximum atomic E-state index is 14.9. The predicted octanol–water partition coefficient (Wildman–Crippen LogP) is 4.60. The lowest BCUT2D eigenvalue weighted by Crippen LogP contribution is -2.18. The Bertz CT molecular complexity index is 1780. The van der Waals surface area contributed by atoms with Crippen LogP contribution in [0.25, 0.3) is 27.7 Å². The fraction of sp³-hybridized carbons (Fsp3) is 0.0769. The van der Waals surface area contributed by atoms with E-state index in [0.717, 1.165) is 0 Å². The molecule has 0 fully saturated rings. The molecule has 5 aromatic rings. The minimum atomic E-state index is -3.95. The molecule has 2 heterocycles. The molecule has 1 N–H and O–H groups in total. The second kappa shape index (κ2) is 9.43. The summed E-state index contributed by atoms with van der Waals surface area (Å²) in [7, 11) is -1.12. The highest BCUT2D eigenvalue weighted by atomic mass is 32.2. The summed E-state index contributed by atoms with van der Waals surface area (Å²) in [4.78, 5) is 12.9. The van der Waals surface area contributed by atoms with Crippen LogP contribution < -0.4 is 19.8 Å². The number of halogens is 1. The van der Waals surface area contributed by atoms with Crippen molar-refractivity contribution in [1.82, 2.24) is 9.72 Å². The van der Waals surface area contributed by atoms with E-state index in [2.05, 4.69) is 14.4 Å². The first-order valence-electron chi connectivity index (χ1n) is 10.9. The van der Waals surface area contributed by atoms with Gasteiger partial charge in [0.2, 0.25) is 0 Å². The number of sulfonamides is 1. The third-order valence-corrected chi connectivity index (χ3v) is 7.12. The second-order valence-electron chi connectivity index (χ2n) is 7.93. The Balaban J connectivity index is 1.61. The number of nitrogens with zero attached hydrogens (tertiary/aromatic N) is 2. The molecule has 5 rings (SSSR count). The predicted molar refractivity (Wildman–Crippen MR) is 135 cm³/mol. The molecule has 0 aliphatic heterocycles. The van der Waals surface area contributed by atoms with Crippen LogP contribution in [0.1, 0.15) is 0 Å². The number of hydrogen-bond acceptors (Lipinski definition) is 7. The van der Waals surface area contributed by atoms with Crippen LogP contribution in [0.2, 0.25) is 0 Å². The lowest BCUT2D eigenvalue weighted by molar-refractivity contribution is 0.387. The molecule has 3 aromatic carbocycles. The molecule has 0 saturated heterocycles. The van der Waals surface area contributed by atoms with Crippen LogP contribution in [-0.2, 0) is 10.0 Å². The molecule has 37 heavy (non-hydrogen) atoms. The molecular formula is C26H20FN3O6S. The Morgan fingerprint density at radius 3 is 2.49 bits per heavy atom. The standard InChI is InChI=1S/C26H20FN3O6S/c1-34-22-5-3-4-19(26(22)27)16-6-9-21(23(15-16)35-2)30-20-10-8-18(14-17(20)7-11-25(30)31)37(32,33)29-24-12-13-36-28-24/h3-15H,1-2H3,(H,28,29). The summed E-state index contributed by atoms with van der Waals surface area (Å²) in [5.74, 6) is -0.0502. The number of nitrogens with one attached hydrogen (secondary N) is 1. The van der Waals surface area contributed by atoms with Gasteiger partial charge >= 0.3 is 0 Å². The van der Waals surface area contributed by atoms with Crippen LogP contribution >= 0.6 is 0 Å². The van der Waals surface area contributed by atoms with E-state index < -0.39 is 15.8 Å². The van der Waals surface area contributed by atoms with E-state index in [1.54, 1.807) is 30.3 Å². The second-order valence-corrected chi connectivity index (χ2v) is 9.61. The summed E-state index contributed by atoms with van der Waals surface area (Å²) >= 11 is 0. The van der Waals surface area contributed by atoms with Crippen LogP contribution in [0.3, 0.4) is 0 Å². The Kier molecular flexibility index (Phi) is 6.14. The maximum Gasteiger partial charge on any atom is 0.263 e. The largest absolute Gasteiger partial charge is 0.495 e. The molecule has 0 atom stereocenters. The third-order valence-electron chi connectivity index (χ3n) is 5.77. The number of anilines is 1. The highest BCUT2D eigenvalue weighted by molar-refractivity contribution is 7.92. The summed E-state index contributed by atoms with van der Waals surface area (Å²) in [6.07, 6.45) is 1.25. The topological polar surface area (TPSA) is 113 Å². The number of benzene rings is 3. The van der Waals surface area contributed by atoms with E-state index in [1.165, 1.54) is 67.5 Å². The minimum absolute atomic E-state index is 0.0241. The van der Waals surface area contributed by atoms with Crippen molar-refractivity contribution in [2.24, 2.45) is 0 Å². The van der Waals surface area contributed by atoms with Gasteiger partial charge in [0.1, 0.15) is 12.0 Å². The van der Waals surface area contributed by atoms with Gasteiger partial charge in [0, 0.05) is 23.1 Å². The molecule has 0 unspecified atom stereocenters. The molecule has 0 aliphatic rings. The minimum Gasteiger partial charge on any atom is -0.495 e. The zero-order valence-electron chi connectivity index (χ0n) is 19.6. The van der Waals surface area contributed by atoms with Crippen LogP contribution in [-0.4, -0.2) is 32.4 Å². The highest BCUT2D eigenvalue weighted by Crippen LogP contribution is 2.34. The van der Waals surface area contributed by atoms with E-state index in [-0.39, 0.29) is 22.0 Å². The monoisotopic (exact) mass is 521 g/mol. The summed E-state index contributed by atoms with van der Waals surface area (Å²) in [5.41, 5.74) is 1.33. The van der Waals surface area contributed by atoms with Crippen LogP contribution in [0, 0.1) is 5.82 Å². The van der Waals surface area contributed by atoms with Gasteiger partial charge in [0.15, 0.2) is 17.4 Å². The van der Waals surface area contributed by atoms with Gasteiger partial charge in [-0.1, -0.05) is 23.4 Å². The van der Waals surface area contributed by atoms with Crippen molar-refractivity contribution in [1.29, 1.82) is 0 Å². The van der Waals surface area contributed by atoms with Crippen molar-refractivity contribution >= 4 is 26.7 Å². The van der Waals surface area contributed by atoms with Gasteiger partial charge in [0.05, 0.1) is 30.3 Å². The summed E-state index contributed by atoms with van der Waals surface area (Å²) < 4.78 is 59.5. The summed E-state index contributed by atoms with van der Waals surface area (Å²) in [6.45, 7) is 0. The van der Waals surface area contributed by atoms with Crippen LogP contribution in [0.5, 0.6) is 11.5 Å². The number of aromatic nitrogens is 2. The number of pyridine rings is 1. The van der Waals surface area contributed by atoms with E-state index in [4.69, 9.17) is 9.47 Å². The van der Waals surface area contributed by atoms with Crippen molar-refractivity contribution in [2.75, 3.05) is 18.9 Å². The summed E-state index contributed by atoms with van der Waals surface area (Å²) in [5, 5.41) is 4.06. The van der Waals surface area contributed by atoms with Gasteiger partial charge in [-0.05, 0) is 48.0 Å². The molecule has 9 nitrogen and oxygen atoms in total. The Morgan fingerprint density at radius 2 is 1.76 bits per heavy atom. The lowest BCUT2D eigenvalue weighted by Gasteiger charge is -2.16. The van der Waals surface area contributed by atoms with Gasteiger partial charge in [0.25, 0.3) is 15.6 Å². The smallest absolute Gasteiger partial charge is 0.263 e. The van der Waals surface area contributed by atoms with Crippen molar-refractivity contribution < 1.29 is 26.8 Å². The van der Waals surface area contributed by atoms with Crippen molar-refractivity contribution in [3.63, 3.8) is 0 Å². The first-order chi connectivity index (χ1) is 17.8. The van der Waals surface area contributed by atoms with Crippen molar-refractivity contribution in [3.8, 4) is 28.3 Å². The summed E-state index contributed by atoms with van der Waals surface area (Å²) in [6, 6.07) is 18.4. The normalized spacial score (nSPS) is 11.4. The molecule has 0 bridgehead atoms. The Morgan fingerprint density at radius 1 is 0.946 bits per heavy atom. The number of hydrogen-bond donors (Lipinski definition) is 1. The van der Waals surface area contributed by atoms with Crippen molar-refractivity contribution in [3.05, 3.63) is 95.2 Å². The molecule has 0 saturated carbocycles. The fourth-order valence-corrected chi connectivity index (χ4v) is 5.05. The van der Waals surface area contributed by atoms with Gasteiger partial charge in [-0.25, -0.2) is 12.8 Å². The van der Waals surface area contributed by atoms with Crippen LogP contribution in [0.4, 0.5) is 10.2 Å². The van der Waals surface area contributed by atoms with E-state index >= 15 is 0 Å². The number of ether oxygens (including phenoxy) is 2. The molecule has 0 aliphatic carbocycles. The Hall–Kier alpha value is -4.64. The molecule has 11 heteroatoms. The van der Waals surface area contributed by atoms with Gasteiger partial charge in [-0.3, -0.25) is 14.1 Å². The van der Waals surface area contributed by atoms with E-state index in [1.807, 2.05) is 0 Å². The lowest BCUT2D eigenvalue weighted by atomic mass is 10.0. The molecule has 0 amide bonds. The molecular weight excluding hydrogens is 501 g/mol. The number of rotatable bonds is 7. The zero-order chi connectivity index (χ0) is 26.2. The third kappa shape index (κ3) is 4.40. The fourth-order valence-electron chi connectivity index (χ4n) is 4.02. The van der Waals surface area contributed by atoms with Crippen molar-refractivity contribution in [2.45, 2.75) is 4.90 Å². The average molecular weight is 522 g/mol. The van der Waals surface area contributed by atoms with Gasteiger partial charge in [-0.15, -0.1) is 0 Å². The molecule has 0 spiro atoms. The van der Waals surface area contributed by atoms with Crippen LogP contribution in [0.15, 0.2) is 93.3 Å². The molecule has 188 valence electrons. The highest BCUT2D eigenvalue weighted by Gasteiger charge is 2.19. The number of fused-ring (bicyclic) bond motifs is 1. The zero-order valence-corrected chi connectivity index (χ0v) is 20.5. The average Bonchev–Trinajstić information content (AvgIpc) is 3.40. The first kappa shape index (κ1) is 24.1. The maximum absolute atomic E-state index is 14.9. The quantitative estimate of drug-likeness (QED) is 0.333.